The Kier molecular flexibility index (Phi) is 3.42. The van der Waals surface area contributed by atoms with Crippen molar-refractivity contribution >= 4 is 11.6 Å². The minimum atomic E-state index is -1.20. The summed E-state index contributed by atoms with van der Waals surface area (Å²) in [4.78, 5) is 0. The first kappa shape index (κ1) is 13.4. The van der Waals surface area contributed by atoms with Crippen LogP contribution in [-0.2, 0) is 12.2 Å². The van der Waals surface area contributed by atoms with Crippen molar-refractivity contribution in [2.24, 2.45) is 0 Å². The molecule has 4 heteroatoms. The molecular formula is C16H16ClNO2. The molecule has 2 aromatic carbocycles. The van der Waals surface area contributed by atoms with E-state index in [1.807, 2.05) is 43.4 Å². The fraction of sp³-hybridized carbons (Fsp3) is 0.250. The number of benzene rings is 2. The normalized spacial score (nSPS) is 20.6. The highest BCUT2D eigenvalue weighted by molar-refractivity contribution is 6.31. The Labute approximate surface area is 123 Å². The lowest BCUT2D eigenvalue weighted by Gasteiger charge is -2.30. The molecule has 1 aliphatic rings. The molecule has 20 heavy (non-hydrogen) atoms. The molecule has 0 spiro atoms. The number of ether oxygens (including phenoxy) is 1. The monoisotopic (exact) mass is 289 g/mol. The van der Waals surface area contributed by atoms with E-state index in [9.17, 15) is 5.11 Å². The number of aliphatic hydroxyl groups is 1. The molecule has 3 nitrogen and oxygen atoms in total. The van der Waals surface area contributed by atoms with Gasteiger partial charge in [0.15, 0.2) is 0 Å². The van der Waals surface area contributed by atoms with E-state index in [2.05, 4.69) is 5.32 Å². The van der Waals surface area contributed by atoms with Crippen LogP contribution in [0.3, 0.4) is 0 Å². The molecule has 0 radical (unpaired) electrons. The quantitative estimate of drug-likeness (QED) is 0.893. The van der Waals surface area contributed by atoms with Gasteiger partial charge in [0.05, 0.1) is 0 Å². The van der Waals surface area contributed by atoms with Crippen LogP contribution >= 0.6 is 11.6 Å². The van der Waals surface area contributed by atoms with E-state index >= 15 is 0 Å². The highest BCUT2D eigenvalue weighted by Crippen LogP contribution is 2.42. The van der Waals surface area contributed by atoms with Gasteiger partial charge < -0.3 is 15.2 Å². The summed E-state index contributed by atoms with van der Waals surface area (Å²) < 4.78 is 5.83. The maximum atomic E-state index is 11.3. The lowest BCUT2D eigenvalue weighted by atomic mass is 9.83. The number of para-hydroxylation sites is 1. The summed E-state index contributed by atoms with van der Waals surface area (Å²) in [6, 6.07) is 13.2. The predicted molar refractivity (Wildman–Crippen MR) is 79.2 cm³/mol. The third kappa shape index (κ3) is 1.99. The van der Waals surface area contributed by atoms with Crippen LogP contribution in [0.2, 0.25) is 5.02 Å². The summed E-state index contributed by atoms with van der Waals surface area (Å²) in [7, 11) is 1.81. The van der Waals surface area contributed by atoms with Crippen molar-refractivity contribution in [2.75, 3.05) is 13.6 Å². The van der Waals surface area contributed by atoms with Gasteiger partial charge in [-0.05, 0) is 24.7 Å². The van der Waals surface area contributed by atoms with Crippen molar-refractivity contribution in [2.45, 2.75) is 12.2 Å². The van der Waals surface area contributed by atoms with Crippen LogP contribution in [0, 0.1) is 0 Å². The van der Waals surface area contributed by atoms with E-state index in [0.717, 1.165) is 16.7 Å². The third-order valence-electron chi connectivity index (χ3n) is 3.66. The Morgan fingerprint density at radius 1 is 1.25 bits per heavy atom. The first-order valence-corrected chi connectivity index (χ1v) is 6.92. The number of likely N-dealkylation sites (N-methyl/N-ethyl adjacent to an activating group) is 1. The van der Waals surface area contributed by atoms with Crippen LogP contribution in [0.1, 0.15) is 16.7 Å². The molecule has 1 unspecified atom stereocenters. The molecule has 1 aliphatic heterocycles. The second-order valence-electron chi connectivity index (χ2n) is 4.95. The maximum absolute atomic E-state index is 11.3. The number of nitrogens with one attached hydrogen (secondary N) is 1. The standard InChI is InChI=1S/C16H16ClNO2/c1-18-10-16(19)12-6-2-3-8-14(12)20-9-11-5-4-7-13(17)15(11)16/h2-8,18-19H,9-10H2,1H3. The molecule has 2 aromatic rings. The fourth-order valence-corrected chi connectivity index (χ4v) is 3.17. The van der Waals surface area contributed by atoms with E-state index in [0.29, 0.717) is 23.9 Å². The van der Waals surface area contributed by atoms with Crippen LogP contribution in [0.25, 0.3) is 0 Å². The molecule has 104 valence electrons. The van der Waals surface area contributed by atoms with Crippen molar-refractivity contribution in [1.82, 2.24) is 5.32 Å². The van der Waals surface area contributed by atoms with Crippen molar-refractivity contribution in [1.29, 1.82) is 0 Å². The Balaban J connectivity index is 2.30. The number of halogens is 1. The van der Waals surface area contributed by atoms with Crippen LogP contribution in [0.5, 0.6) is 5.75 Å². The van der Waals surface area contributed by atoms with Gasteiger partial charge in [0.1, 0.15) is 18.0 Å². The van der Waals surface area contributed by atoms with Crippen molar-refractivity contribution < 1.29 is 9.84 Å². The summed E-state index contributed by atoms with van der Waals surface area (Å²) in [5.74, 6) is 0.692. The number of fused-ring (bicyclic) bond motifs is 2. The third-order valence-corrected chi connectivity index (χ3v) is 3.98. The average Bonchev–Trinajstić information content (AvgIpc) is 2.57. The van der Waals surface area contributed by atoms with Gasteiger partial charge in [-0.25, -0.2) is 0 Å². The average molecular weight is 290 g/mol. The Morgan fingerprint density at radius 2 is 2.05 bits per heavy atom. The lowest BCUT2D eigenvalue weighted by molar-refractivity contribution is 0.0816. The van der Waals surface area contributed by atoms with Crippen LogP contribution in [0.4, 0.5) is 0 Å². The van der Waals surface area contributed by atoms with Crippen molar-refractivity contribution in [3.05, 3.63) is 64.2 Å². The van der Waals surface area contributed by atoms with Gasteiger partial charge in [-0.2, -0.15) is 0 Å². The largest absolute Gasteiger partial charge is 0.488 e. The highest BCUT2D eigenvalue weighted by atomic mass is 35.5. The molecule has 2 N–H and O–H groups in total. The second-order valence-corrected chi connectivity index (χ2v) is 5.36. The first-order valence-electron chi connectivity index (χ1n) is 6.54. The molecule has 0 bridgehead atoms. The van der Waals surface area contributed by atoms with Crippen LogP contribution in [-0.4, -0.2) is 18.7 Å². The van der Waals surface area contributed by atoms with Crippen LogP contribution in [0.15, 0.2) is 42.5 Å². The fourth-order valence-electron chi connectivity index (χ4n) is 2.82. The van der Waals surface area contributed by atoms with E-state index in [1.54, 1.807) is 6.07 Å². The Bertz CT molecular complexity index is 644. The number of rotatable bonds is 2. The lowest BCUT2D eigenvalue weighted by Crippen LogP contribution is -2.38. The van der Waals surface area contributed by atoms with Gasteiger partial charge in [0.25, 0.3) is 0 Å². The van der Waals surface area contributed by atoms with Crippen molar-refractivity contribution in [3.63, 3.8) is 0 Å². The van der Waals surface area contributed by atoms with E-state index in [-0.39, 0.29) is 0 Å². The summed E-state index contributed by atoms with van der Waals surface area (Å²) in [5.41, 5.74) is 1.17. The topological polar surface area (TPSA) is 41.5 Å². The maximum Gasteiger partial charge on any atom is 0.132 e. The molecule has 1 heterocycles. The Hall–Kier alpha value is -1.55. The van der Waals surface area contributed by atoms with Gasteiger partial charge in [-0.15, -0.1) is 0 Å². The molecule has 0 saturated carbocycles. The summed E-state index contributed by atoms with van der Waals surface area (Å²) >= 11 is 6.36. The van der Waals surface area contributed by atoms with Gasteiger partial charge in [0.2, 0.25) is 0 Å². The predicted octanol–water partition coefficient (Wildman–Crippen LogP) is 2.69. The SMILES string of the molecule is CNCC1(O)c2ccccc2OCc2cccc(Cl)c21. The van der Waals surface area contributed by atoms with E-state index < -0.39 is 5.60 Å². The van der Waals surface area contributed by atoms with Crippen molar-refractivity contribution in [3.8, 4) is 5.75 Å². The van der Waals surface area contributed by atoms with E-state index in [1.165, 1.54) is 0 Å². The van der Waals surface area contributed by atoms with Crippen LogP contribution < -0.4 is 10.1 Å². The molecule has 0 aromatic heterocycles. The summed E-state index contributed by atoms with van der Waals surface area (Å²) in [5, 5.41) is 14.9. The minimum Gasteiger partial charge on any atom is -0.488 e. The molecule has 3 rings (SSSR count). The van der Waals surface area contributed by atoms with E-state index in [4.69, 9.17) is 16.3 Å². The molecule has 0 amide bonds. The molecule has 1 atom stereocenters. The highest BCUT2D eigenvalue weighted by Gasteiger charge is 2.39. The molecule has 0 saturated heterocycles. The number of hydrogen-bond acceptors (Lipinski definition) is 3. The van der Waals surface area contributed by atoms with Gasteiger partial charge in [0, 0.05) is 22.7 Å². The smallest absolute Gasteiger partial charge is 0.132 e. The first-order chi connectivity index (χ1) is 9.66. The molecule has 0 fully saturated rings. The van der Waals surface area contributed by atoms with Gasteiger partial charge in [-0.1, -0.05) is 41.9 Å². The zero-order valence-electron chi connectivity index (χ0n) is 11.2. The zero-order chi connectivity index (χ0) is 14.2. The number of hydrogen-bond donors (Lipinski definition) is 2. The molecular weight excluding hydrogens is 274 g/mol. The van der Waals surface area contributed by atoms with Gasteiger partial charge in [-0.3, -0.25) is 0 Å². The summed E-state index contributed by atoms with van der Waals surface area (Å²) in [6.07, 6.45) is 0. The second kappa shape index (κ2) is 5.09. The summed E-state index contributed by atoms with van der Waals surface area (Å²) in [6.45, 7) is 0.767. The molecule has 0 aliphatic carbocycles. The van der Waals surface area contributed by atoms with Gasteiger partial charge >= 0.3 is 0 Å². The zero-order valence-corrected chi connectivity index (χ0v) is 11.9. The minimum absolute atomic E-state index is 0.365. The Morgan fingerprint density at radius 3 is 2.85 bits per heavy atom.